The quantitative estimate of drug-likeness (QED) is 0.560. The smallest absolute Gasteiger partial charge is 0.310 e. The minimum absolute atomic E-state index is 0. The van der Waals surface area contributed by atoms with E-state index in [1.165, 1.54) is 12.5 Å². The fourth-order valence-electron chi connectivity index (χ4n) is 2.98. The number of aromatic hydroxyl groups is 1. The Bertz CT molecular complexity index is 562. The van der Waals surface area contributed by atoms with Gasteiger partial charge >= 0.3 is 5.69 Å². The third-order valence-electron chi connectivity index (χ3n) is 4.22. The van der Waals surface area contributed by atoms with Gasteiger partial charge in [0.15, 0.2) is 5.75 Å². The highest BCUT2D eigenvalue weighted by Crippen LogP contribution is 2.28. The topological polar surface area (TPSA) is 118 Å². The average Bonchev–Trinajstić information content (AvgIpc) is 2.52. The Morgan fingerprint density at radius 3 is 2.57 bits per heavy atom. The molecule has 7 nitrogen and oxygen atoms in total. The number of halogens is 1. The summed E-state index contributed by atoms with van der Waals surface area (Å²) in [5.41, 5.74) is 5.54. The number of carbonyl (C=O) groups is 1. The molecule has 4 N–H and O–H groups in total. The van der Waals surface area contributed by atoms with Crippen LogP contribution in [0, 0.1) is 16.0 Å². The van der Waals surface area contributed by atoms with Crippen LogP contribution in [0.3, 0.4) is 0 Å². The molecule has 1 amide bonds. The molecule has 0 heterocycles. The molecule has 8 heteroatoms. The van der Waals surface area contributed by atoms with Crippen LogP contribution < -0.4 is 11.1 Å². The Balaban J connectivity index is 0.00000264. The van der Waals surface area contributed by atoms with Crippen molar-refractivity contribution in [2.24, 2.45) is 11.7 Å². The van der Waals surface area contributed by atoms with Gasteiger partial charge in [-0.25, -0.2) is 0 Å². The summed E-state index contributed by atoms with van der Waals surface area (Å²) in [6.07, 6.45) is 5.62. The molecule has 2 rings (SSSR count). The van der Waals surface area contributed by atoms with Crippen molar-refractivity contribution in [3.8, 4) is 5.75 Å². The second kappa shape index (κ2) is 8.69. The Kier molecular flexibility index (Phi) is 7.25. The molecule has 1 aromatic carbocycles. The summed E-state index contributed by atoms with van der Waals surface area (Å²) in [6.45, 7) is 0.357. The maximum absolute atomic E-state index is 12.2. The number of amides is 1. The van der Waals surface area contributed by atoms with Crippen LogP contribution in [0.1, 0.15) is 42.5 Å². The Labute approximate surface area is 140 Å². The van der Waals surface area contributed by atoms with Crippen LogP contribution in [0.25, 0.3) is 0 Å². The molecule has 0 saturated heterocycles. The lowest BCUT2D eigenvalue weighted by Crippen LogP contribution is -2.45. The summed E-state index contributed by atoms with van der Waals surface area (Å²) in [4.78, 5) is 22.2. The number of nitrogens with zero attached hydrogens (tertiary/aromatic N) is 1. The second-order valence-electron chi connectivity index (χ2n) is 5.67. The van der Waals surface area contributed by atoms with Crippen LogP contribution >= 0.6 is 12.4 Å². The Morgan fingerprint density at radius 1 is 1.39 bits per heavy atom. The van der Waals surface area contributed by atoms with Gasteiger partial charge in [-0.15, -0.1) is 12.4 Å². The number of hydrogen-bond donors (Lipinski definition) is 3. The molecule has 0 aliphatic heterocycles. The van der Waals surface area contributed by atoms with E-state index in [1.807, 2.05) is 0 Å². The molecular formula is C15H22ClN3O4. The summed E-state index contributed by atoms with van der Waals surface area (Å²) in [6, 6.07) is 3.47. The summed E-state index contributed by atoms with van der Waals surface area (Å²) in [5, 5.41) is 23.2. The Morgan fingerprint density at radius 2 is 2.04 bits per heavy atom. The van der Waals surface area contributed by atoms with Crippen LogP contribution in [0.2, 0.25) is 0 Å². The number of benzene rings is 1. The van der Waals surface area contributed by atoms with E-state index in [2.05, 4.69) is 5.32 Å². The molecule has 1 aliphatic rings. The van der Waals surface area contributed by atoms with E-state index in [-0.39, 0.29) is 29.9 Å². The van der Waals surface area contributed by atoms with Gasteiger partial charge in [0.25, 0.3) is 5.91 Å². The van der Waals surface area contributed by atoms with E-state index in [1.54, 1.807) is 0 Å². The van der Waals surface area contributed by atoms with E-state index in [0.29, 0.717) is 12.5 Å². The molecule has 0 bridgehead atoms. The number of nitro groups is 1. The number of hydrogen-bond acceptors (Lipinski definition) is 5. The molecule has 128 valence electrons. The van der Waals surface area contributed by atoms with E-state index in [9.17, 15) is 20.0 Å². The fourth-order valence-corrected chi connectivity index (χ4v) is 2.98. The number of nitro benzene ring substituents is 1. The van der Waals surface area contributed by atoms with E-state index in [0.717, 1.165) is 37.8 Å². The number of phenols is 1. The molecular weight excluding hydrogens is 322 g/mol. The minimum atomic E-state index is -0.693. The number of nitrogens with two attached hydrogens (primary N) is 1. The number of nitrogens with one attached hydrogen (secondary N) is 1. The van der Waals surface area contributed by atoms with Gasteiger partial charge in [0.1, 0.15) is 0 Å². The van der Waals surface area contributed by atoms with Gasteiger partial charge in [0, 0.05) is 24.2 Å². The normalized spacial score (nSPS) is 16.2. The van der Waals surface area contributed by atoms with Crippen LogP contribution in [-0.2, 0) is 0 Å². The maximum atomic E-state index is 12.2. The van der Waals surface area contributed by atoms with Gasteiger partial charge in [-0.2, -0.15) is 0 Å². The lowest BCUT2D eigenvalue weighted by atomic mass is 9.84. The van der Waals surface area contributed by atoms with Crippen LogP contribution in [0.4, 0.5) is 5.69 Å². The van der Waals surface area contributed by atoms with Crippen molar-refractivity contribution >= 4 is 24.0 Å². The third-order valence-corrected chi connectivity index (χ3v) is 4.22. The zero-order chi connectivity index (χ0) is 16.1. The predicted octanol–water partition coefficient (Wildman–Crippen LogP) is 2.36. The van der Waals surface area contributed by atoms with E-state index >= 15 is 0 Å². The monoisotopic (exact) mass is 343 g/mol. The zero-order valence-electron chi connectivity index (χ0n) is 12.7. The van der Waals surface area contributed by atoms with E-state index < -0.39 is 16.4 Å². The van der Waals surface area contributed by atoms with Crippen LogP contribution in [-0.4, -0.2) is 28.5 Å². The lowest BCUT2D eigenvalue weighted by Gasteiger charge is -2.30. The van der Waals surface area contributed by atoms with Crippen molar-refractivity contribution in [2.75, 3.05) is 6.54 Å². The van der Waals surface area contributed by atoms with Crippen molar-refractivity contribution in [1.29, 1.82) is 0 Å². The van der Waals surface area contributed by atoms with Gasteiger partial charge in [0.05, 0.1) is 4.92 Å². The van der Waals surface area contributed by atoms with Crippen molar-refractivity contribution in [1.82, 2.24) is 5.32 Å². The molecule has 1 saturated carbocycles. The first-order valence-corrected chi connectivity index (χ1v) is 7.51. The maximum Gasteiger partial charge on any atom is 0.310 e. The lowest BCUT2D eigenvalue weighted by molar-refractivity contribution is -0.385. The van der Waals surface area contributed by atoms with Gasteiger partial charge in [-0.3, -0.25) is 14.9 Å². The SMILES string of the molecule is Cl.NCC(NC(=O)c1ccc([N+](=O)[O-])c(O)c1)C1CCCCC1. The van der Waals surface area contributed by atoms with Gasteiger partial charge in [-0.1, -0.05) is 19.3 Å². The fraction of sp³-hybridized carbons (Fsp3) is 0.533. The first-order valence-electron chi connectivity index (χ1n) is 7.51. The number of rotatable bonds is 5. The van der Waals surface area contributed by atoms with Gasteiger partial charge in [0.2, 0.25) is 0 Å². The van der Waals surface area contributed by atoms with E-state index in [4.69, 9.17) is 5.73 Å². The third kappa shape index (κ3) is 4.80. The summed E-state index contributed by atoms with van der Waals surface area (Å²) < 4.78 is 0. The minimum Gasteiger partial charge on any atom is -0.502 e. The molecule has 1 atom stereocenters. The Hall–Kier alpha value is -1.86. The molecule has 1 unspecified atom stereocenters. The number of carbonyl (C=O) groups excluding carboxylic acids is 1. The molecule has 23 heavy (non-hydrogen) atoms. The predicted molar refractivity (Wildman–Crippen MR) is 88.9 cm³/mol. The summed E-state index contributed by atoms with van der Waals surface area (Å²) >= 11 is 0. The molecule has 1 fully saturated rings. The first kappa shape index (κ1) is 19.2. The highest BCUT2D eigenvalue weighted by molar-refractivity contribution is 5.95. The van der Waals surface area contributed by atoms with Crippen molar-refractivity contribution in [2.45, 2.75) is 38.1 Å². The highest BCUT2D eigenvalue weighted by Gasteiger charge is 2.25. The average molecular weight is 344 g/mol. The standard InChI is InChI=1S/C15H21N3O4.ClH/c16-9-12(10-4-2-1-3-5-10)17-15(20)11-6-7-13(18(21)22)14(19)8-11;/h6-8,10,12,19H,1-5,9,16H2,(H,17,20);1H. The largest absolute Gasteiger partial charge is 0.502 e. The first-order chi connectivity index (χ1) is 10.5. The van der Waals surface area contributed by atoms with Crippen molar-refractivity contribution in [3.05, 3.63) is 33.9 Å². The molecule has 0 spiro atoms. The van der Waals surface area contributed by atoms with Gasteiger partial charge < -0.3 is 16.2 Å². The van der Waals surface area contributed by atoms with Crippen LogP contribution in [0.5, 0.6) is 5.75 Å². The van der Waals surface area contributed by atoms with Gasteiger partial charge in [-0.05, 0) is 30.9 Å². The van der Waals surface area contributed by atoms with Crippen molar-refractivity contribution in [3.63, 3.8) is 0 Å². The second-order valence-corrected chi connectivity index (χ2v) is 5.67. The highest BCUT2D eigenvalue weighted by atomic mass is 35.5. The zero-order valence-corrected chi connectivity index (χ0v) is 13.6. The molecule has 1 aliphatic carbocycles. The number of phenolic OH excluding ortho intramolecular Hbond substituents is 1. The molecule has 1 aromatic rings. The van der Waals surface area contributed by atoms with Crippen molar-refractivity contribution < 1.29 is 14.8 Å². The summed E-state index contributed by atoms with van der Waals surface area (Å²) in [7, 11) is 0. The molecule has 0 aromatic heterocycles. The van der Waals surface area contributed by atoms with Crippen LogP contribution in [0.15, 0.2) is 18.2 Å². The molecule has 0 radical (unpaired) electrons. The summed E-state index contributed by atoms with van der Waals surface area (Å²) in [5.74, 6) is -0.514.